The highest BCUT2D eigenvalue weighted by atomic mass is 32.2. The number of aromatic carboxylic acids is 1. The summed E-state index contributed by atoms with van der Waals surface area (Å²) in [4.78, 5) is 12.9. The van der Waals surface area contributed by atoms with E-state index in [0.29, 0.717) is 4.96 Å². The highest BCUT2D eigenvalue weighted by Gasteiger charge is 2.18. The van der Waals surface area contributed by atoms with Crippen molar-refractivity contribution in [3.05, 3.63) is 35.5 Å². The lowest BCUT2D eigenvalue weighted by atomic mass is 10.2. The molecule has 0 saturated heterocycles. The smallest absolute Gasteiger partial charge is 0.374 e. The van der Waals surface area contributed by atoms with E-state index in [1.807, 2.05) is 35.9 Å². The molecule has 7 heteroatoms. The van der Waals surface area contributed by atoms with E-state index in [1.54, 1.807) is 16.2 Å². The Hall–Kier alpha value is -1.86. The summed E-state index contributed by atoms with van der Waals surface area (Å²) in [5.41, 5.74) is 1.75. The molecule has 0 unspecified atom stereocenters. The molecule has 5 nitrogen and oxygen atoms in total. The van der Waals surface area contributed by atoms with Crippen molar-refractivity contribution in [2.24, 2.45) is 0 Å². The fourth-order valence-electron chi connectivity index (χ4n) is 1.82. The highest BCUT2D eigenvalue weighted by Crippen LogP contribution is 2.28. The minimum atomic E-state index is -1.08. The number of hydrogen-bond donors (Lipinski definition) is 1. The van der Waals surface area contributed by atoms with Crippen LogP contribution in [0, 0.1) is 0 Å². The Kier molecular flexibility index (Phi) is 3.00. The van der Waals surface area contributed by atoms with E-state index in [-0.39, 0.29) is 5.82 Å². The number of nitrogens with zero attached hydrogens (tertiary/aromatic N) is 3. The zero-order valence-corrected chi connectivity index (χ0v) is 11.5. The maximum absolute atomic E-state index is 11.1. The monoisotopic (exact) mass is 291 g/mol. The van der Waals surface area contributed by atoms with Gasteiger partial charge in [-0.25, -0.2) is 4.79 Å². The van der Waals surface area contributed by atoms with Crippen LogP contribution in [0.5, 0.6) is 0 Å². The molecule has 1 N–H and O–H groups in total. The molecule has 2 heterocycles. The third-order valence-electron chi connectivity index (χ3n) is 2.73. The number of hydrogen-bond acceptors (Lipinski definition) is 5. The van der Waals surface area contributed by atoms with E-state index in [2.05, 4.69) is 10.2 Å². The molecule has 0 aliphatic carbocycles. The number of rotatable bonds is 3. The largest absolute Gasteiger partial charge is 0.475 e. The van der Waals surface area contributed by atoms with E-state index in [4.69, 9.17) is 5.11 Å². The van der Waals surface area contributed by atoms with Crippen LogP contribution in [-0.4, -0.2) is 31.9 Å². The lowest BCUT2D eigenvalue weighted by Gasteiger charge is -2.02. The van der Waals surface area contributed by atoms with Crippen LogP contribution < -0.4 is 0 Å². The first-order valence-corrected chi connectivity index (χ1v) is 7.51. The van der Waals surface area contributed by atoms with Gasteiger partial charge in [-0.1, -0.05) is 12.1 Å². The summed E-state index contributed by atoms with van der Waals surface area (Å²) in [5, 5.41) is 18.6. The second kappa shape index (κ2) is 4.67. The van der Waals surface area contributed by atoms with Gasteiger partial charge in [-0.05, 0) is 24.0 Å². The quantitative estimate of drug-likeness (QED) is 0.752. The molecule has 2 aromatic heterocycles. The second-order valence-corrected chi connectivity index (χ2v) is 5.51. The minimum absolute atomic E-state index is 0.0554. The van der Waals surface area contributed by atoms with Crippen LogP contribution in [0.25, 0.3) is 16.2 Å². The van der Waals surface area contributed by atoms with E-state index in [9.17, 15) is 4.79 Å². The van der Waals surface area contributed by atoms with Gasteiger partial charge < -0.3 is 5.11 Å². The number of benzene rings is 1. The summed E-state index contributed by atoms with van der Waals surface area (Å²) in [5.74, 6) is -1.13. The van der Waals surface area contributed by atoms with Crippen LogP contribution in [0.1, 0.15) is 10.6 Å². The highest BCUT2D eigenvalue weighted by molar-refractivity contribution is 7.98. The maximum atomic E-state index is 11.1. The third-order valence-corrected chi connectivity index (χ3v) is 4.29. The molecule has 0 bridgehead atoms. The van der Waals surface area contributed by atoms with Crippen molar-refractivity contribution in [2.75, 3.05) is 6.26 Å². The molecule has 96 valence electrons. The third kappa shape index (κ3) is 2.00. The molecule has 0 spiro atoms. The van der Waals surface area contributed by atoms with Crippen LogP contribution in [0.3, 0.4) is 0 Å². The van der Waals surface area contributed by atoms with Crippen molar-refractivity contribution in [3.8, 4) is 11.3 Å². The number of aromatic nitrogens is 3. The standard InChI is InChI=1S/C12H9N3O2S2/c1-18-8-4-2-7(3-5-8)9-6-19-12-14-13-10(11(16)17)15(9)12/h2-6H,1H3,(H,16,17). The lowest BCUT2D eigenvalue weighted by Crippen LogP contribution is -2.04. The van der Waals surface area contributed by atoms with Gasteiger partial charge in [-0.3, -0.25) is 4.40 Å². The Labute approximate surface area is 116 Å². The summed E-state index contributed by atoms with van der Waals surface area (Å²) < 4.78 is 1.57. The van der Waals surface area contributed by atoms with Gasteiger partial charge in [0, 0.05) is 10.3 Å². The Balaban J connectivity index is 2.18. The first kappa shape index (κ1) is 12.2. The van der Waals surface area contributed by atoms with Gasteiger partial charge in [-0.15, -0.1) is 33.3 Å². The molecule has 0 fully saturated rings. The number of carboxylic acid groups (broad SMARTS) is 1. The summed E-state index contributed by atoms with van der Waals surface area (Å²) in [6.07, 6.45) is 2.01. The molecule has 19 heavy (non-hydrogen) atoms. The first-order valence-electron chi connectivity index (χ1n) is 5.41. The van der Waals surface area contributed by atoms with Crippen molar-refractivity contribution in [1.82, 2.24) is 14.6 Å². The lowest BCUT2D eigenvalue weighted by molar-refractivity contribution is 0.0682. The molecule has 0 aliphatic heterocycles. The molecule has 3 rings (SSSR count). The zero-order chi connectivity index (χ0) is 13.4. The topological polar surface area (TPSA) is 67.5 Å². The van der Waals surface area contributed by atoms with Gasteiger partial charge in [0.15, 0.2) is 0 Å². The van der Waals surface area contributed by atoms with Gasteiger partial charge in [0.05, 0.1) is 5.69 Å². The van der Waals surface area contributed by atoms with Crippen LogP contribution in [-0.2, 0) is 0 Å². The predicted molar refractivity (Wildman–Crippen MR) is 75.0 cm³/mol. The first-order chi connectivity index (χ1) is 9.20. The molecule has 3 aromatic rings. The zero-order valence-electron chi connectivity index (χ0n) is 9.90. The maximum Gasteiger partial charge on any atom is 0.374 e. The fourth-order valence-corrected chi connectivity index (χ4v) is 3.07. The normalized spacial score (nSPS) is 11.0. The number of carbonyl (C=O) groups is 1. The van der Waals surface area contributed by atoms with E-state index in [1.165, 1.54) is 11.3 Å². The molecular weight excluding hydrogens is 282 g/mol. The van der Waals surface area contributed by atoms with Crippen molar-refractivity contribution in [1.29, 1.82) is 0 Å². The molecular formula is C12H9N3O2S2. The van der Waals surface area contributed by atoms with Crippen LogP contribution in [0.4, 0.5) is 0 Å². The molecule has 0 aliphatic rings. The Morgan fingerprint density at radius 1 is 1.32 bits per heavy atom. The number of thiazole rings is 1. The predicted octanol–water partition coefficient (Wildman–Crippen LogP) is 2.88. The van der Waals surface area contributed by atoms with Crippen molar-refractivity contribution in [2.45, 2.75) is 4.90 Å². The summed E-state index contributed by atoms with van der Waals surface area (Å²) >= 11 is 3.04. The molecule has 0 atom stereocenters. The number of thioether (sulfide) groups is 1. The molecule has 0 saturated carbocycles. The molecule has 0 amide bonds. The van der Waals surface area contributed by atoms with Gasteiger partial charge >= 0.3 is 5.97 Å². The van der Waals surface area contributed by atoms with E-state index >= 15 is 0 Å². The Morgan fingerprint density at radius 2 is 2.05 bits per heavy atom. The molecule has 1 aromatic carbocycles. The summed E-state index contributed by atoms with van der Waals surface area (Å²) in [7, 11) is 0. The fraction of sp³-hybridized carbons (Fsp3) is 0.0833. The minimum Gasteiger partial charge on any atom is -0.475 e. The van der Waals surface area contributed by atoms with E-state index in [0.717, 1.165) is 16.2 Å². The Bertz CT molecular complexity index is 746. The number of carboxylic acids is 1. The van der Waals surface area contributed by atoms with Crippen LogP contribution in [0.15, 0.2) is 34.5 Å². The SMILES string of the molecule is CSc1ccc(-c2csc3nnc(C(=O)O)n23)cc1. The van der Waals surface area contributed by atoms with E-state index < -0.39 is 5.97 Å². The Morgan fingerprint density at radius 3 is 2.68 bits per heavy atom. The van der Waals surface area contributed by atoms with Crippen molar-refractivity contribution >= 4 is 34.0 Å². The van der Waals surface area contributed by atoms with Crippen molar-refractivity contribution in [3.63, 3.8) is 0 Å². The van der Waals surface area contributed by atoms with Crippen molar-refractivity contribution < 1.29 is 9.90 Å². The second-order valence-electron chi connectivity index (χ2n) is 3.80. The van der Waals surface area contributed by atoms with Crippen LogP contribution >= 0.6 is 23.1 Å². The van der Waals surface area contributed by atoms with Gasteiger partial charge in [0.1, 0.15) is 0 Å². The summed E-state index contributed by atoms with van der Waals surface area (Å²) in [6, 6.07) is 7.96. The van der Waals surface area contributed by atoms with Gasteiger partial charge in [-0.2, -0.15) is 0 Å². The number of fused-ring (bicyclic) bond motifs is 1. The van der Waals surface area contributed by atoms with Gasteiger partial charge in [0.25, 0.3) is 0 Å². The average molecular weight is 291 g/mol. The molecule has 0 radical (unpaired) electrons. The average Bonchev–Trinajstić information content (AvgIpc) is 2.99. The van der Waals surface area contributed by atoms with Crippen LogP contribution in [0.2, 0.25) is 0 Å². The summed E-state index contributed by atoms with van der Waals surface area (Å²) in [6.45, 7) is 0. The van der Waals surface area contributed by atoms with Gasteiger partial charge in [0.2, 0.25) is 10.8 Å².